The summed E-state index contributed by atoms with van der Waals surface area (Å²) in [7, 11) is -2.61. The van der Waals surface area contributed by atoms with Crippen molar-refractivity contribution in [2.75, 3.05) is 32.1 Å². The van der Waals surface area contributed by atoms with Crippen molar-refractivity contribution >= 4 is 69.7 Å². The molecule has 2 atom stereocenters. The smallest absolute Gasteiger partial charge is 0.349 e. The molecule has 56 heavy (non-hydrogen) atoms. The first-order valence-corrected chi connectivity index (χ1v) is 20.7. The molecule has 1 fully saturated rings. The molecular formula is C38H37F3N5O7PS2. The first kappa shape index (κ1) is 40.7. The summed E-state index contributed by atoms with van der Waals surface area (Å²) in [6.07, 6.45) is 2.42. The van der Waals surface area contributed by atoms with Crippen molar-refractivity contribution in [3.05, 3.63) is 106 Å². The second kappa shape index (κ2) is 16.7. The highest BCUT2D eigenvalue weighted by atomic mass is 32.1. The number of carbonyl (C=O) groups excluding carboxylic acids is 4. The van der Waals surface area contributed by atoms with Crippen LogP contribution in [0.5, 0.6) is 0 Å². The Bertz CT molecular complexity index is 2280. The van der Waals surface area contributed by atoms with Gasteiger partial charge in [0.15, 0.2) is 0 Å². The number of rotatable bonds is 13. The van der Waals surface area contributed by atoms with E-state index >= 15 is 0 Å². The number of likely N-dealkylation sites (tertiary alicyclic amines) is 1. The minimum atomic E-state index is -5.84. The summed E-state index contributed by atoms with van der Waals surface area (Å²) in [6, 6.07) is 14.6. The first-order valence-electron chi connectivity index (χ1n) is 17.4. The number of anilines is 1. The average molecular weight is 828 g/mol. The van der Waals surface area contributed by atoms with E-state index in [-0.39, 0.29) is 42.1 Å². The van der Waals surface area contributed by atoms with E-state index in [9.17, 15) is 46.7 Å². The minimum absolute atomic E-state index is 0.0184. The van der Waals surface area contributed by atoms with E-state index < -0.39 is 54.4 Å². The van der Waals surface area contributed by atoms with E-state index in [1.54, 1.807) is 32.4 Å². The van der Waals surface area contributed by atoms with Crippen molar-refractivity contribution < 1.29 is 46.7 Å². The van der Waals surface area contributed by atoms with Gasteiger partial charge in [-0.15, -0.1) is 22.7 Å². The predicted molar refractivity (Wildman–Crippen MR) is 207 cm³/mol. The van der Waals surface area contributed by atoms with Gasteiger partial charge < -0.3 is 29.8 Å². The van der Waals surface area contributed by atoms with Gasteiger partial charge in [-0.3, -0.25) is 23.7 Å². The van der Waals surface area contributed by atoms with E-state index in [0.29, 0.717) is 28.8 Å². The number of hydrogen-bond acceptors (Lipinski definition) is 8. The Morgan fingerprint density at radius 3 is 2.39 bits per heavy atom. The maximum absolute atomic E-state index is 14.5. The van der Waals surface area contributed by atoms with Crippen LogP contribution in [0.2, 0.25) is 0 Å². The molecule has 1 saturated heterocycles. The first-order chi connectivity index (χ1) is 26.5. The van der Waals surface area contributed by atoms with Crippen LogP contribution in [0.4, 0.5) is 18.9 Å². The monoisotopic (exact) mass is 827 g/mol. The van der Waals surface area contributed by atoms with E-state index in [1.165, 1.54) is 62.4 Å². The quantitative estimate of drug-likeness (QED) is 0.118. The third kappa shape index (κ3) is 8.87. The molecule has 2 aromatic heterocycles. The summed E-state index contributed by atoms with van der Waals surface area (Å²) in [5, 5.41) is 5.50. The third-order valence-corrected chi connectivity index (χ3v) is 12.3. The lowest BCUT2D eigenvalue weighted by molar-refractivity contribution is -0.139. The van der Waals surface area contributed by atoms with Gasteiger partial charge in [-0.25, -0.2) is 9.37 Å². The Hall–Kier alpha value is -4.93. The van der Waals surface area contributed by atoms with Crippen molar-refractivity contribution in [1.29, 1.82) is 0 Å². The van der Waals surface area contributed by atoms with Crippen LogP contribution in [0.15, 0.2) is 84.4 Å². The number of alkyl halides is 2. The molecular weight excluding hydrogens is 791 g/mol. The molecule has 1 aliphatic heterocycles. The fraction of sp³-hybridized carbons (Fsp3) is 0.289. The van der Waals surface area contributed by atoms with Crippen molar-refractivity contribution in [1.82, 2.24) is 20.1 Å². The van der Waals surface area contributed by atoms with Gasteiger partial charge in [0.25, 0.3) is 5.91 Å². The largest absolute Gasteiger partial charge is 0.399 e. The standard InChI is InChI=1S/C38H37F3N5O7PS2/c1-44(2)33(47)15-18-45(28-12-7-24(8-13-28)35-42-16-19-55-35)37(50)30-4-3-17-46(30)36(49)29(20-23-5-10-27(39)11-6-23)43-34(48)32-22-25-21-26(9-14-31(25)56-32)38(40,41)54(51,52)53/h5-14,16,19,21-22,29-30H,3-4,15,17-18,20H2,1-2H3,(H,43,48)(H2,51,52,53)/t29?,30-/m0/s1. The van der Waals surface area contributed by atoms with Crippen LogP contribution in [0.3, 0.4) is 0 Å². The average Bonchev–Trinajstić information content (AvgIpc) is 3.96. The molecule has 0 radical (unpaired) electrons. The molecule has 1 unspecified atom stereocenters. The van der Waals surface area contributed by atoms with E-state index in [1.807, 2.05) is 17.5 Å². The van der Waals surface area contributed by atoms with Crippen LogP contribution in [-0.2, 0) is 31.0 Å². The molecule has 0 aliphatic carbocycles. The number of carbonyl (C=O) groups is 4. The predicted octanol–water partition coefficient (Wildman–Crippen LogP) is 6.23. The summed E-state index contributed by atoms with van der Waals surface area (Å²) >= 11 is 2.38. The molecule has 6 rings (SSSR count). The molecule has 1 aliphatic rings. The van der Waals surface area contributed by atoms with Crippen molar-refractivity contribution in [2.45, 2.75) is 43.4 Å². The zero-order valence-corrected chi connectivity index (χ0v) is 32.6. The SMILES string of the molecule is CN(C)C(=O)CCN(C(=O)[C@@H]1CCCN1C(=O)C(Cc1ccc(F)cc1)NC(=O)c1cc2cc(C(F)(F)P(=O)(O)O)ccc2s1)c1ccc(-c2nccs2)cc1. The normalized spacial score (nSPS) is 15.1. The highest BCUT2D eigenvalue weighted by Crippen LogP contribution is 2.59. The van der Waals surface area contributed by atoms with E-state index in [4.69, 9.17) is 0 Å². The fourth-order valence-electron chi connectivity index (χ4n) is 6.41. The maximum atomic E-state index is 14.5. The number of amides is 4. The Balaban J connectivity index is 1.27. The van der Waals surface area contributed by atoms with Crippen molar-refractivity contribution in [3.63, 3.8) is 0 Å². The maximum Gasteiger partial charge on any atom is 0.399 e. The molecule has 3 aromatic carbocycles. The molecule has 4 amide bonds. The number of halogens is 3. The summed E-state index contributed by atoms with van der Waals surface area (Å²) < 4.78 is 54.6. The second-order valence-electron chi connectivity index (χ2n) is 13.4. The summed E-state index contributed by atoms with van der Waals surface area (Å²) in [4.78, 5) is 82.4. The van der Waals surface area contributed by atoms with Crippen LogP contribution in [0.1, 0.15) is 40.1 Å². The lowest BCUT2D eigenvalue weighted by Gasteiger charge is -2.33. The third-order valence-electron chi connectivity index (χ3n) is 9.40. The number of nitrogens with one attached hydrogen (secondary N) is 1. The summed E-state index contributed by atoms with van der Waals surface area (Å²) in [6.45, 7) is 0.229. The van der Waals surface area contributed by atoms with Gasteiger partial charge in [-0.2, -0.15) is 8.78 Å². The van der Waals surface area contributed by atoms with Gasteiger partial charge in [0.1, 0.15) is 22.9 Å². The number of thiophene rings is 1. The Morgan fingerprint density at radius 1 is 1.04 bits per heavy atom. The molecule has 18 heteroatoms. The van der Waals surface area contributed by atoms with Gasteiger partial charge in [0.2, 0.25) is 17.7 Å². The molecule has 3 heterocycles. The molecule has 3 N–H and O–H groups in total. The topological polar surface area (TPSA) is 160 Å². The Morgan fingerprint density at radius 2 is 1.75 bits per heavy atom. The van der Waals surface area contributed by atoms with Gasteiger partial charge in [-0.05, 0) is 78.4 Å². The van der Waals surface area contributed by atoms with Crippen LogP contribution in [0, 0.1) is 5.82 Å². The fourth-order valence-corrected chi connectivity index (χ4v) is 8.48. The van der Waals surface area contributed by atoms with E-state index in [2.05, 4.69) is 10.3 Å². The van der Waals surface area contributed by atoms with Crippen LogP contribution < -0.4 is 10.2 Å². The molecule has 0 spiro atoms. The molecule has 0 bridgehead atoms. The van der Waals surface area contributed by atoms with Gasteiger partial charge in [-0.1, -0.05) is 18.2 Å². The van der Waals surface area contributed by atoms with E-state index in [0.717, 1.165) is 34.0 Å². The summed E-state index contributed by atoms with van der Waals surface area (Å²) in [5.41, 5.74) is -3.51. The Kier molecular flexibility index (Phi) is 12.1. The van der Waals surface area contributed by atoms with Crippen molar-refractivity contribution in [2.24, 2.45) is 0 Å². The van der Waals surface area contributed by atoms with Gasteiger partial charge in [0.05, 0.1) is 4.88 Å². The number of hydrogen-bond donors (Lipinski definition) is 3. The van der Waals surface area contributed by atoms with Crippen molar-refractivity contribution in [3.8, 4) is 10.6 Å². The lowest BCUT2D eigenvalue weighted by atomic mass is 10.0. The van der Waals surface area contributed by atoms with Crippen LogP contribution >= 0.6 is 30.3 Å². The molecule has 0 saturated carbocycles. The van der Waals surface area contributed by atoms with Crippen LogP contribution in [-0.4, -0.2) is 87.5 Å². The Labute approximate surface area is 327 Å². The molecule has 294 valence electrons. The minimum Gasteiger partial charge on any atom is -0.349 e. The zero-order valence-electron chi connectivity index (χ0n) is 30.1. The number of thiazole rings is 1. The zero-order chi connectivity index (χ0) is 40.4. The number of benzene rings is 3. The lowest BCUT2D eigenvalue weighted by Crippen LogP contribution is -2.55. The number of nitrogens with zero attached hydrogens (tertiary/aromatic N) is 4. The highest BCUT2D eigenvalue weighted by Gasteiger charge is 2.50. The van der Waals surface area contributed by atoms with Crippen LogP contribution in [0.25, 0.3) is 20.7 Å². The highest BCUT2D eigenvalue weighted by molar-refractivity contribution is 7.52. The summed E-state index contributed by atoms with van der Waals surface area (Å²) in [5.74, 6) is -2.43. The number of aromatic nitrogens is 1. The molecule has 5 aromatic rings. The van der Waals surface area contributed by atoms with Gasteiger partial charge in [0, 0.05) is 73.1 Å². The second-order valence-corrected chi connectivity index (χ2v) is 17.0. The number of fused-ring (bicyclic) bond motifs is 1. The van der Waals surface area contributed by atoms with Gasteiger partial charge >= 0.3 is 13.3 Å². The molecule has 12 nitrogen and oxygen atoms in total.